The molecule has 0 bridgehead atoms. The summed E-state index contributed by atoms with van der Waals surface area (Å²) >= 11 is 1.94. The number of hydrogen-bond acceptors (Lipinski definition) is 3. The molecule has 1 aromatic heterocycles. The molecule has 92 valence electrons. The number of aryl methyl sites for hydroxylation is 1. The van der Waals surface area contributed by atoms with Crippen LogP contribution in [-0.4, -0.2) is 20.8 Å². The van der Waals surface area contributed by atoms with E-state index in [-0.39, 0.29) is 6.04 Å². The molecule has 0 aliphatic rings. The van der Waals surface area contributed by atoms with E-state index in [0.29, 0.717) is 5.25 Å². The van der Waals surface area contributed by atoms with E-state index in [9.17, 15) is 0 Å². The summed E-state index contributed by atoms with van der Waals surface area (Å²) < 4.78 is 1.98. The average molecular weight is 241 g/mol. The maximum atomic E-state index is 6.13. The van der Waals surface area contributed by atoms with Crippen LogP contribution in [0.25, 0.3) is 0 Å². The second-order valence-corrected chi connectivity index (χ2v) is 5.67. The molecule has 0 saturated carbocycles. The molecule has 16 heavy (non-hydrogen) atoms. The lowest BCUT2D eigenvalue weighted by molar-refractivity contribution is 0.601. The summed E-state index contributed by atoms with van der Waals surface area (Å²) in [5.74, 6) is 0.979. The van der Waals surface area contributed by atoms with Gasteiger partial charge in [-0.05, 0) is 12.8 Å². The quantitative estimate of drug-likeness (QED) is 0.798. The third-order valence-electron chi connectivity index (χ3n) is 2.67. The Morgan fingerprint density at radius 1 is 1.50 bits per heavy atom. The molecule has 0 aliphatic carbocycles. The van der Waals surface area contributed by atoms with E-state index in [1.165, 1.54) is 6.42 Å². The van der Waals surface area contributed by atoms with Crippen LogP contribution in [0.3, 0.4) is 0 Å². The first-order chi connectivity index (χ1) is 7.67. The highest BCUT2D eigenvalue weighted by molar-refractivity contribution is 7.99. The zero-order valence-corrected chi connectivity index (χ0v) is 11.3. The van der Waals surface area contributed by atoms with Crippen LogP contribution < -0.4 is 5.73 Å². The second kappa shape index (κ2) is 6.97. The molecule has 0 aromatic carbocycles. The third kappa shape index (κ3) is 4.18. The molecule has 0 fully saturated rings. The van der Waals surface area contributed by atoms with E-state index in [1.807, 2.05) is 22.6 Å². The largest absolute Gasteiger partial charge is 0.323 e. The minimum absolute atomic E-state index is 0.115. The van der Waals surface area contributed by atoms with Crippen LogP contribution in [0.15, 0.2) is 12.4 Å². The maximum Gasteiger partial charge on any atom is 0.0537 e. The molecule has 0 aliphatic heterocycles. The molecule has 4 heteroatoms. The van der Waals surface area contributed by atoms with Crippen molar-refractivity contribution in [2.45, 2.75) is 51.4 Å². The summed E-state index contributed by atoms with van der Waals surface area (Å²) in [5, 5.41) is 4.99. The van der Waals surface area contributed by atoms with Crippen LogP contribution in [-0.2, 0) is 6.54 Å². The van der Waals surface area contributed by atoms with Gasteiger partial charge in [-0.1, -0.05) is 20.8 Å². The molecular weight excluding hydrogens is 218 g/mol. The fourth-order valence-electron chi connectivity index (χ4n) is 1.40. The monoisotopic (exact) mass is 241 g/mol. The van der Waals surface area contributed by atoms with Gasteiger partial charge >= 0.3 is 0 Å². The third-order valence-corrected chi connectivity index (χ3v) is 4.12. The standard InChI is InChI=1S/C12H23N3S/c1-4-6-15-8-11(7-14-15)12(13)9-16-10(3)5-2/h7-8,10,12H,4-6,9,13H2,1-3H3. The smallest absolute Gasteiger partial charge is 0.0537 e. The average Bonchev–Trinajstić information content (AvgIpc) is 2.74. The Hall–Kier alpha value is -0.480. The first-order valence-electron chi connectivity index (χ1n) is 6.06. The van der Waals surface area contributed by atoms with Gasteiger partial charge in [-0.15, -0.1) is 0 Å². The highest BCUT2D eigenvalue weighted by Crippen LogP contribution is 2.20. The van der Waals surface area contributed by atoms with E-state index < -0.39 is 0 Å². The van der Waals surface area contributed by atoms with Crippen LogP contribution in [0.2, 0.25) is 0 Å². The maximum absolute atomic E-state index is 6.13. The molecule has 0 spiro atoms. The Kier molecular flexibility index (Phi) is 5.91. The molecule has 2 N–H and O–H groups in total. The predicted molar refractivity (Wildman–Crippen MR) is 71.7 cm³/mol. The van der Waals surface area contributed by atoms with Gasteiger partial charge in [0.15, 0.2) is 0 Å². The Morgan fingerprint density at radius 3 is 2.88 bits per heavy atom. The van der Waals surface area contributed by atoms with Gasteiger partial charge in [0.25, 0.3) is 0 Å². The number of nitrogens with zero attached hydrogens (tertiary/aromatic N) is 2. The van der Waals surface area contributed by atoms with E-state index in [2.05, 4.69) is 32.1 Å². The van der Waals surface area contributed by atoms with Crippen molar-refractivity contribution in [1.82, 2.24) is 9.78 Å². The highest BCUT2D eigenvalue weighted by Gasteiger charge is 2.10. The summed E-state index contributed by atoms with van der Waals surface area (Å²) in [7, 11) is 0. The van der Waals surface area contributed by atoms with Gasteiger partial charge in [-0.3, -0.25) is 4.68 Å². The molecule has 0 radical (unpaired) electrons. The van der Waals surface area contributed by atoms with E-state index in [1.54, 1.807) is 0 Å². The van der Waals surface area contributed by atoms with Crippen molar-refractivity contribution in [2.24, 2.45) is 5.73 Å². The Balaban J connectivity index is 2.42. The lowest BCUT2D eigenvalue weighted by atomic mass is 10.2. The van der Waals surface area contributed by atoms with Gasteiger partial charge in [0, 0.05) is 35.3 Å². The van der Waals surface area contributed by atoms with Crippen molar-refractivity contribution in [2.75, 3.05) is 5.75 Å². The van der Waals surface area contributed by atoms with E-state index in [4.69, 9.17) is 5.73 Å². The highest BCUT2D eigenvalue weighted by atomic mass is 32.2. The predicted octanol–water partition coefficient (Wildman–Crippen LogP) is 2.82. The molecule has 0 amide bonds. The van der Waals surface area contributed by atoms with E-state index >= 15 is 0 Å². The molecule has 1 aromatic rings. The summed E-state index contributed by atoms with van der Waals surface area (Å²) in [6.45, 7) is 7.59. The van der Waals surface area contributed by atoms with Crippen LogP contribution in [0.5, 0.6) is 0 Å². The van der Waals surface area contributed by atoms with Gasteiger partial charge in [0.1, 0.15) is 0 Å². The number of thioether (sulfide) groups is 1. The van der Waals surface area contributed by atoms with Crippen LogP contribution in [0, 0.1) is 0 Å². The fourth-order valence-corrected chi connectivity index (χ4v) is 2.37. The molecule has 0 saturated heterocycles. The first kappa shape index (κ1) is 13.6. The summed E-state index contributed by atoms with van der Waals surface area (Å²) in [6, 6.07) is 0.115. The zero-order valence-electron chi connectivity index (χ0n) is 10.5. The van der Waals surface area contributed by atoms with Gasteiger partial charge in [0.05, 0.1) is 6.20 Å². The summed E-state index contributed by atoms with van der Waals surface area (Å²) in [4.78, 5) is 0. The van der Waals surface area contributed by atoms with Crippen molar-refractivity contribution in [3.8, 4) is 0 Å². The number of aromatic nitrogens is 2. The van der Waals surface area contributed by atoms with Crippen molar-refractivity contribution in [1.29, 1.82) is 0 Å². The van der Waals surface area contributed by atoms with Crippen LogP contribution in [0.4, 0.5) is 0 Å². The normalized spacial score (nSPS) is 15.0. The lowest BCUT2D eigenvalue weighted by Gasteiger charge is -2.12. The van der Waals surface area contributed by atoms with Crippen molar-refractivity contribution in [3.63, 3.8) is 0 Å². The minimum Gasteiger partial charge on any atom is -0.323 e. The SMILES string of the molecule is CCCn1cc(C(N)CSC(C)CC)cn1. The van der Waals surface area contributed by atoms with Gasteiger partial charge < -0.3 is 5.73 Å². The number of hydrogen-bond donors (Lipinski definition) is 1. The lowest BCUT2D eigenvalue weighted by Crippen LogP contribution is -2.14. The van der Waals surface area contributed by atoms with Gasteiger partial charge in [-0.2, -0.15) is 16.9 Å². The number of rotatable bonds is 7. The Bertz CT molecular complexity index is 298. The first-order valence-corrected chi connectivity index (χ1v) is 7.11. The molecular formula is C12H23N3S. The number of nitrogens with two attached hydrogens (primary N) is 1. The fraction of sp³-hybridized carbons (Fsp3) is 0.750. The zero-order chi connectivity index (χ0) is 12.0. The Labute approximate surface area is 103 Å². The summed E-state index contributed by atoms with van der Waals surface area (Å²) in [6.07, 6.45) is 6.29. The summed E-state index contributed by atoms with van der Waals surface area (Å²) in [5.41, 5.74) is 7.29. The molecule has 2 unspecified atom stereocenters. The van der Waals surface area contributed by atoms with Crippen molar-refractivity contribution >= 4 is 11.8 Å². The van der Waals surface area contributed by atoms with Crippen molar-refractivity contribution in [3.05, 3.63) is 18.0 Å². The molecule has 1 rings (SSSR count). The minimum atomic E-state index is 0.115. The molecule has 1 heterocycles. The van der Waals surface area contributed by atoms with Gasteiger partial charge in [0.2, 0.25) is 0 Å². The Morgan fingerprint density at radius 2 is 2.25 bits per heavy atom. The molecule has 2 atom stereocenters. The van der Waals surface area contributed by atoms with Crippen LogP contribution in [0.1, 0.15) is 45.2 Å². The van der Waals surface area contributed by atoms with E-state index in [0.717, 1.165) is 24.3 Å². The molecule has 3 nitrogen and oxygen atoms in total. The topological polar surface area (TPSA) is 43.8 Å². The van der Waals surface area contributed by atoms with Gasteiger partial charge in [-0.25, -0.2) is 0 Å². The van der Waals surface area contributed by atoms with Crippen molar-refractivity contribution < 1.29 is 0 Å². The van der Waals surface area contributed by atoms with Crippen LogP contribution >= 0.6 is 11.8 Å². The second-order valence-electron chi connectivity index (χ2n) is 4.20.